The molecule has 2 aliphatic heterocycles. The number of aromatic nitrogens is 3. The molecule has 1 aliphatic carbocycles. The average molecular weight is 573 g/mol. The lowest BCUT2D eigenvalue weighted by molar-refractivity contribution is 0.107. The first-order chi connectivity index (χ1) is 20.3. The van der Waals surface area contributed by atoms with Crippen molar-refractivity contribution in [1.82, 2.24) is 24.8 Å². The number of benzene rings is 2. The maximum absolute atomic E-state index is 16.4. The Labute approximate surface area is 242 Å². The van der Waals surface area contributed by atoms with E-state index in [4.69, 9.17) is 4.74 Å². The highest BCUT2D eigenvalue weighted by atomic mass is 19.1. The zero-order chi connectivity index (χ0) is 29.0. The van der Waals surface area contributed by atoms with Gasteiger partial charge in [0.25, 0.3) is 0 Å². The van der Waals surface area contributed by atoms with Gasteiger partial charge in [0.05, 0.1) is 10.9 Å². The monoisotopic (exact) mass is 572 g/mol. The summed E-state index contributed by atoms with van der Waals surface area (Å²) in [6.07, 6.45) is 6.16. The average Bonchev–Trinajstić information content (AvgIpc) is 3.54. The van der Waals surface area contributed by atoms with Gasteiger partial charge in [-0.05, 0) is 74.5 Å². The number of aromatic hydroxyl groups is 1. The summed E-state index contributed by atoms with van der Waals surface area (Å²) in [4.78, 5) is 28.9. The van der Waals surface area contributed by atoms with Crippen molar-refractivity contribution in [2.24, 2.45) is 0 Å². The lowest BCUT2D eigenvalue weighted by atomic mass is 9.86. The Morgan fingerprint density at radius 1 is 1.17 bits per heavy atom. The third-order valence-electron chi connectivity index (χ3n) is 9.35. The number of ether oxygens (including phenoxy) is 1. The van der Waals surface area contributed by atoms with Crippen LogP contribution in [0.2, 0.25) is 0 Å². The van der Waals surface area contributed by atoms with Gasteiger partial charge in [-0.15, -0.1) is 0 Å². The molecule has 7 rings (SSSR count). The lowest BCUT2D eigenvalue weighted by Crippen LogP contribution is -2.50. The van der Waals surface area contributed by atoms with Crippen molar-refractivity contribution >= 4 is 33.6 Å². The van der Waals surface area contributed by atoms with Crippen LogP contribution in [0.1, 0.15) is 38.5 Å². The minimum absolute atomic E-state index is 0.0156. The van der Waals surface area contributed by atoms with Gasteiger partial charge in [0, 0.05) is 30.9 Å². The zero-order valence-corrected chi connectivity index (χ0v) is 23.4. The van der Waals surface area contributed by atoms with Crippen LogP contribution in [0, 0.1) is 5.82 Å². The molecule has 3 N–H and O–H groups in total. The van der Waals surface area contributed by atoms with E-state index in [0.717, 1.165) is 49.5 Å². The molecular weight excluding hydrogens is 539 g/mol. The van der Waals surface area contributed by atoms with Gasteiger partial charge in [0.1, 0.15) is 29.4 Å². The number of phenolic OH excluding ortho intramolecular Hbond substituents is 1. The SMILES string of the molecule is CN(C(=O)O)[C@H]1C[C@@H](Nc2nc(OCC34CCCN3CCC4)nc3c(F)c(-c4cc(O)cc5ccccc45)ncc23)C1. The second kappa shape index (κ2) is 10.2. The fraction of sp³-hybridized carbons (Fsp3) is 0.419. The number of rotatable bonds is 7. The molecule has 1 amide bonds. The van der Waals surface area contributed by atoms with Gasteiger partial charge in [-0.1, -0.05) is 24.3 Å². The molecule has 0 unspecified atom stereocenters. The van der Waals surface area contributed by atoms with Crippen molar-refractivity contribution in [3.8, 4) is 23.0 Å². The highest BCUT2D eigenvalue weighted by Crippen LogP contribution is 2.40. The summed E-state index contributed by atoms with van der Waals surface area (Å²) in [7, 11) is 1.57. The van der Waals surface area contributed by atoms with Gasteiger partial charge >= 0.3 is 12.1 Å². The molecule has 218 valence electrons. The zero-order valence-electron chi connectivity index (χ0n) is 23.4. The molecule has 2 saturated heterocycles. The van der Waals surface area contributed by atoms with Crippen LogP contribution in [0.4, 0.5) is 15.0 Å². The lowest BCUT2D eigenvalue weighted by Gasteiger charge is -2.40. The Bertz CT molecular complexity index is 1680. The molecule has 3 fully saturated rings. The molecule has 3 aliphatic rings. The summed E-state index contributed by atoms with van der Waals surface area (Å²) in [6, 6.07) is 10.5. The molecular formula is C31H33FN6O4. The number of halogens is 1. The highest BCUT2D eigenvalue weighted by molar-refractivity contribution is 5.99. The summed E-state index contributed by atoms with van der Waals surface area (Å²) in [5.74, 6) is -0.207. The predicted octanol–water partition coefficient (Wildman–Crippen LogP) is 5.25. The van der Waals surface area contributed by atoms with Crippen LogP contribution >= 0.6 is 0 Å². The topological polar surface area (TPSA) is 124 Å². The number of pyridine rings is 1. The van der Waals surface area contributed by atoms with Crippen LogP contribution in [-0.2, 0) is 0 Å². The fourth-order valence-electron chi connectivity index (χ4n) is 6.92. The van der Waals surface area contributed by atoms with Crippen molar-refractivity contribution in [2.75, 3.05) is 32.1 Å². The maximum atomic E-state index is 16.4. The predicted molar refractivity (Wildman–Crippen MR) is 156 cm³/mol. The number of fused-ring (bicyclic) bond motifs is 3. The van der Waals surface area contributed by atoms with E-state index in [-0.39, 0.29) is 40.6 Å². The van der Waals surface area contributed by atoms with Crippen LogP contribution < -0.4 is 10.1 Å². The molecule has 2 aromatic carbocycles. The van der Waals surface area contributed by atoms with Crippen molar-refractivity contribution in [3.05, 3.63) is 48.4 Å². The molecule has 0 bridgehead atoms. The van der Waals surface area contributed by atoms with Crippen LogP contribution in [0.5, 0.6) is 11.8 Å². The number of amides is 1. The van der Waals surface area contributed by atoms with E-state index in [1.165, 1.54) is 11.0 Å². The fourth-order valence-corrected chi connectivity index (χ4v) is 6.92. The normalized spacial score (nSPS) is 21.3. The Hall–Kier alpha value is -4.25. The number of nitrogens with one attached hydrogen (secondary N) is 1. The van der Waals surface area contributed by atoms with E-state index in [2.05, 4.69) is 25.2 Å². The van der Waals surface area contributed by atoms with E-state index >= 15 is 4.39 Å². The quantitative estimate of drug-likeness (QED) is 0.272. The molecule has 0 atom stereocenters. The number of phenols is 1. The van der Waals surface area contributed by atoms with Crippen LogP contribution in [0.15, 0.2) is 42.6 Å². The Kier molecular flexibility index (Phi) is 6.49. The summed E-state index contributed by atoms with van der Waals surface area (Å²) in [5.41, 5.74) is 0.585. The van der Waals surface area contributed by atoms with Gasteiger partial charge < -0.3 is 25.2 Å². The number of anilines is 1. The van der Waals surface area contributed by atoms with Crippen molar-refractivity contribution in [3.63, 3.8) is 0 Å². The second-order valence-corrected chi connectivity index (χ2v) is 11.8. The summed E-state index contributed by atoms with van der Waals surface area (Å²) in [5, 5.41) is 25.0. The molecule has 0 radical (unpaired) electrons. The third-order valence-corrected chi connectivity index (χ3v) is 9.35. The van der Waals surface area contributed by atoms with Crippen LogP contribution in [-0.4, -0.2) is 85.4 Å². The number of hydrogen-bond acceptors (Lipinski definition) is 8. The molecule has 2 aromatic heterocycles. The molecule has 42 heavy (non-hydrogen) atoms. The standard InChI is InChI=1S/C31H33FN6O4/c1-37(30(40)41)20-13-19(14-20)34-28-24-16-33-26(23-15-21(39)12-18-6-2-3-7-22(18)23)25(32)27(24)35-29(36-28)42-17-31-8-4-10-38(31)11-5-9-31/h2-3,6-7,12,15-16,19-20,39H,4-5,8-11,13-14,17H2,1H3,(H,40,41)(H,34,35,36)/t19-,20+. The van der Waals surface area contributed by atoms with E-state index in [1.807, 2.05) is 24.3 Å². The third kappa shape index (κ3) is 4.52. The first-order valence-electron chi connectivity index (χ1n) is 14.5. The molecule has 4 aromatic rings. The summed E-state index contributed by atoms with van der Waals surface area (Å²) < 4.78 is 22.7. The smallest absolute Gasteiger partial charge is 0.407 e. The molecule has 4 heterocycles. The van der Waals surface area contributed by atoms with Gasteiger partial charge in [-0.25, -0.2) is 9.18 Å². The number of nitrogens with zero attached hydrogens (tertiary/aromatic N) is 5. The second-order valence-electron chi connectivity index (χ2n) is 11.8. The first-order valence-corrected chi connectivity index (χ1v) is 14.5. The highest BCUT2D eigenvalue weighted by Gasteiger charge is 2.45. The minimum Gasteiger partial charge on any atom is -0.508 e. The Balaban J connectivity index is 1.27. The van der Waals surface area contributed by atoms with Crippen LogP contribution in [0.3, 0.4) is 0 Å². The summed E-state index contributed by atoms with van der Waals surface area (Å²) in [6.45, 7) is 2.55. The van der Waals surface area contributed by atoms with Crippen molar-refractivity contribution in [1.29, 1.82) is 0 Å². The van der Waals surface area contributed by atoms with Gasteiger partial charge in [0.2, 0.25) is 0 Å². The molecule has 0 spiro atoms. The van der Waals surface area contributed by atoms with E-state index in [0.29, 0.717) is 36.2 Å². The Morgan fingerprint density at radius 2 is 1.93 bits per heavy atom. The minimum atomic E-state index is -0.966. The van der Waals surface area contributed by atoms with Crippen molar-refractivity contribution in [2.45, 2.75) is 56.1 Å². The van der Waals surface area contributed by atoms with Crippen LogP contribution in [0.25, 0.3) is 32.9 Å². The van der Waals surface area contributed by atoms with Gasteiger partial charge in [-0.2, -0.15) is 9.97 Å². The first kappa shape index (κ1) is 26.6. The van der Waals surface area contributed by atoms with Gasteiger partial charge in [-0.3, -0.25) is 9.88 Å². The number of carboxylic acid groups (broad SMARTS) is 1. The number of hydrogen-bond donors (Lipinski definition) is 3. The number of carbonyl (C=O) groups is 1. The van der Waals surface area contributed by atoms with E-state index in [1.54, 1.807) is 19.3 Å². The van der Waals surface area contributed by atoms with Gasteiger partial charge in [0.15, 0.2) is 5.82 Å². The molecule has 1 saturated carbocycles. The van der Waals surface area contributed by atoms with E-state index in [9.17, 15) is 15.0 Å². The van der Waals surface area contributed by atoms with E-state index < -0.39 is 11.9 Å². The Morgan fingerprint density at radius 3 is 2.69 bits per heavy atom. The maximum Gasteiger partial charge on any atom is 0.407 e. The molecule has 10 nitrogen and oxygen atoms in total. The van der Waals surface area contributed by atoms with Crippen molar-refractivity contribution < 1.29 is 24.1 Å². The largest absolute Gasteiger partial charge is 0.508 e. The molecule has 11 heteroatoms. The summed E-state index contributed by atoms with van der Waals surface area (Å²) >= 11 is 0.